The van der Waals surface area contributed by atoms with Gasteiger partial charge in [0.1, 0.15) is 11.4 Å². The van der Waals surface area contributed by atoms with Crippen molar-refractivity contribution in [3.63, 3.8) is 0 Å². The first-order chi connectivity index (χ1) is 8.15. The molecular formula is C13H21N3O. The van der Waals surface area contributed by atoms with Gasteiger partial charge in [0, 0.05) is 24.8 Å². The number of hydrogen-bond donors (Lipinski definition) is 1. The van der Waals surface area contributed by atoms with Crippen molar-refractivity contribution in [3.05, 3.63) is 23.9 Å². The Hall–Kier alpha value is -1.13. The normalized spacial score (nSPS) is 17.2. The second-order valence-electron chi connectivity index (χ2n) is 5.05. The molecule has 2 heterocycles. The molecule has 0 saturated carbocycles. The van der Waals surface area contributed by atoms with E-state index in [0.717, 1.165) is 24.5 Å². The summed E-state index contributed by atoms with van der Waals surface area (Å²) in [6.07, 6.45) is 5.62. The van der Waals surface area contributed by atoms with E-state index in [4.69, 9.17) is 10.7 Å². The van der Waals surface area contributed by atoms with Crippen molar-refractivity contribution in [2.45, 2.75) is 38.7 Å². The lowest BCUT2D eigenvalue weighted by molar-refractivity contribution is -0.0234. The maximum Gasteiger partial charge on any atom is 0.134 e. The molecule has 2 rings (SSSR count). The number of piperidine rings is 1. The fourth-order valence-corrected chi connectivity index (χ4v) is 2.29. The Kier molecular flexibility index (Phi) is 3.64. The zero-order valence-electron chi connectivity index (χ0n) is 10.6. The average molecular weight is 235 g/mol. The van der Waals surface area contributed by atoms with Crippen LogP contribution in [0.1, 0.15) is 38.7 Å². The zero-order chi connectivity index (χ0) is 12.3. The lowest BCUT2D eigenvalue weighted by atomic mass is 9.98. The van der Waals surface area contributed by atoms with Gasteiger partial charge >= 0.3 is 0 Å². The summed E-state index contributed by atoms with van der Waals surface area (Å²) in [4.78, 5) is 11.9. The number of nitrogens with two attached hydrogens (primary N) is 1. The Labute approximate surface area is 103 Å². The summed E-state index contributed by atoms with van der Waals surface area (Å²) in [5.41, 5.74) is 0.561. The summed E-state index contributed by atoms with van der Waals surface area (Å²) in [5, 5.41) is 0. The average Bonchev–Trinajstić information content (AvgIpc) is 2.40. The molecule has 4 nitrogen and oxygen atoms in total. The third kappa shape index (κ3) is 2.58. The summed E-state index contributed by atoms with van der Waals surface area (Å²) in [5.74, 6) is 6.41. The second-order valence-corrected chi connectivity index (χ2v) is 5.05. The summed E-state index contributed by atoms with van der Waals surface area (Å²) >= 11 is 0. The molecule has 0 bridgehead atoms. The Morgan fingerprint density at radius 1 is 1.29 bits per heavy atom. The topological polar surface area (TPSA) is 51.4 Å². The highest BCUT2D eigenvalue weighted by molar-refractivity contribution is 5.49. The predicted molar refractivity (Wildman–Crippen MR) is 68.6 cm³/mol. The van der Waals surface area contributed by atoms with E-state index in [1.165, 1.54) is 19.3 Å². The third-order valence-corrected chi connectivity index (χ3v) is 3.39. The van der Waals surface area contributed by atoms with Crippen molar-refractivity contribution in [2.75, 3.05) is 18.0 Å². The molecule has 1 aliphatic heterocycles. The molecule has 0 aliphatic carbocycles. The van der Waals surface area contributed by atoms with E-state index < -0.39 is 5.60 Å². The highest BCUT2D eigenvalue weighted by Gasteiger charge is 2.27. The number of pyridine rings is 1. The van der Waals surface area contributed by atoms with Gasteiger partial charge in [0.2, 0.25) is 0 Å². The van der Waals surface area contributed by atoms with Crippen LogP contribution in [0.3, 0.4) is 0 Å². The number of rotatable bonds is 3. The van der Waals surface area contributed by atoms with Crippen LogP contribution in [0.2, 0.25) is 0 Å². The molecule has 1 aromatic heterocycles. The van der Waals surface area contributed by atoms with Gasteiger partial charge in [-0.15, -0.1) is 0 Å². The minimum atomic E-state index is -0.499. The Bertz CT molecular complexity index is 373. The largest absolute Gasteiger partial charge is 0.356 e. The van der Waals surface area contributed by atoms with E-state index in [1.54, 1.807) is 0 Å². The van der Waals surface area contributed by atoms with Crippen LogP contribution in [0.15, 0.2) is 18.3 Å². The minimum absolute atomic E-state index is 0.499. The first kappa shape index (κ1) is 12.3. The van der Waals surface area contributed by atoms with Gasteiger partial charge in [0.05, 0.1) is 0 Å². The van der Waals surface area contributed by atoms with Gasteiger partial charge < -0.3 is 4.90 Å². The van der Waals surface area contributed by atoms with E-state index in [0.29, 0.717) is 0 Å². The second kappa shape index (κ2) is 5.02. The molecular weight excluding hydrogens is 214 g/mol. The maximum atomic E-state index is 5.39. The van der Waals surface area contributed by atoms with E-state index >= 15 is 0 Å². The van der Waals surface area contributed by atoms with Crippen LogP contribution in [0.25, 0.3) is 0 Å². The molecule has 4 heteroatoms. The van der Waals surface area contributed by atoms with Crippen LogP contribution < -0.4 is 10.8 Å². The van der Waals surface area contributed by atoms with Gasteiger partial charge in [-0.05, 0) is 39.2 Å². The van der Waals surface area contributed by atoms with Crippen LogP contribution in [-0.2, 0) is 10.4 Å². The van der Waals surface area contributed by atoms with Crippen molar-refractivity contribution in [1.29, 1.82) is 0 Å². The predicted octanol–water partition coefficient (Wildman–Crippen LogP) is 2.20. The molecule has 1 aromatic rings. The van der Waals surface area contributed by atoms with Gasteiger partial charge in [0.25, 0.3) is 0 Å². The molecule has 17 heavy (non-hydrogen) atoms. The Morgan fingerprint density at radius 3 is 2.65 bits per heavy atom. The maximum absolute atomic E-state index is 5.39. The standard InChI is InChI=1S/C13H21N3O/c1-13(2,17-14)11-7-6-8-15-12(11)16-9-4-3-5-10-16/h6-8H,3-5,9-10,14H2,1-2H3. The van der Waals surface area contributed by atoms with Gasteiger partial charge in [-0.1, -0.05) is 6.07 Å². The summed E-state index contributed by atoms with van der Waals surface area (Å²) in [7, 11) is 0. The van der Waals surface area contributed by atoms with Crippen molar-refractivity contribution < 1.29 is 4.84 Å². The van der Waals surface area contributed by atoms with E-state index in [2.05, 4.69) is 9.88 Å². The lowest BCUT2D eigenvalue weighted by Crippen LogP contribution is -2.34. The molecule has 0 radical (unpaired) electrons. The third-order valence-electron chi connectivity index (χ3n) is 3.39. The van der Waals surface area contributed by atoms with E-state index in [1.807, 2.05) is 32.2 Å². The molecule has 0 atom stereocenters. The Balaban J connectivity index is 2.33. The van der Waals surface area contributed by atoms with Gasteiger partial charge in [0.15, 0.2) is 0 Å². The first-order valence-corrected chi connectivity index (χ1v) is 6.23. The fourth-order valence-electron chi connectivity index (χ4n) is 2.29. The number of hydrogen-bond acceptors (Lipinski definition) is 4. The fraction of sp³-hybridized carbons (Fsp3) is 0.615. The van der Waals surface area contributed by atoms with Gasteiger partial charge in [-0.25, -0.2) is 10.9 Å². The smallest absolute Gasteiger partial charge is 0.134 e. The monoisotopic (exact) mass is 235 g/mol. The van der Waals surface area contributed by atoms with Gasteiger partial charge in [-0.2, -0.15) is 0 Å². The quantitative estimate of drug-likeness (QED) is 0.816. The van der Waals surface area contributed by atoms with E-state index in [-0.39, 0.29) is 0 Å². The summed E-state index contributed by atoms with van der Waals surface area (Å²) < 4.78 is 0. The first-order valence-electron chi connectivity index (χ1n) is 6.23. The number of anilines is 1. The van der Waals surface area contributed by atoms with Crippen LogP contribution in [0.4, 0.5) is 5.82 Å². The van der Waals surface area contributed by atoms with Crippen LogP contribution in [0.5, 0.6) is 0 Å². The molecule has 1 aliphatic rings. The molecule has 1 fully saturated rings. The summed E-state index contributed by atoms with van der Waals surface area (Å²) in [6.45, 7) is 6.09. The van der Waals surface area contributed by atoms with Crippen LogP contribution >= 0.6 is 0 Å². The van der Waals surface area contributed by atoms with Crippen molar-refractivity contribution in [3.8, 4) is 0 Å². The molecule has 0 unspecified atom stereocenters. The van der Waals surface area contributed by atoms with Crippen molar-refractivity contribution in [2.24, 2.45) is 5.90 Å². The zero-order valence-corrected chi connectivity index (χ0v) is 10.6. The number of nitrogens with zero attached hydrogens (tertiary/aromatic N) is 2. The molecule has 1 saturated heterocycles. The highest BCUT2D eigenvalue weighted by atomic mass is 16.6. The van der Waals surface area contributed by atoms with E-state index in [9.17, 15) is 0 Å². The van der Waals surface area contributed by atoms with Crippen LogP contribution in [0, 0.1) is 0 Å². The molecule has 0 aromatic carbocycles. The van der Waals surface area contributed by atoms with Crippen LogP contribution in [-0.4, -0.2) is 18.1 Å². The SMILES string of the molecule is CC(C)(ON)c1cccnc1N1CCCCC1. The van der Waals surface area contributed by atoms with Gasteiger partial charge in [-0.3, -0.25) is 4.84 Å². The number of aromatic nitrogens is 1. The molecule has 2 N–H and O–H groups in total. The van der Waals surface area contributed by atoms with Crippen molar-refractivity contribution >= 4 is 5.82 Å². The van der Waals surface area contributed by atoms with Crippen molar-refractivity contribution in [1.82, 2.24) is 4.98 Å². The summed E-state index contributed by atoms with van der Waals surface area (Å²) in [6, 6.07) is 3.98. The lowest BCUT2D eigenvalue weighted by Gasteiger charge is -2.33. The molecule has 0 spiro atoms. The highest BCUT2D eigenvalue weighted by Crippen LogP contribution is 2.31. The molecule has 0 amide bonds. The molecule has 94 valence electrons. The minimum Gasteiger partial charge on any atom is -0.356 e. The Morgan fingerprint density at radius 2 is 2.00 bits per heavy atom.